The fraction of sp³-hybridized carbons (Fsp3) is 0.625. The predicted molar refractivity (Wildman–Crippen MR) is 72.1 cm³/mol. The molecule has 0 saturated heterocycles. The van der Waals surface area contributed by atoms with Crippen LogP contribution in [0.2, 0.25) is 0 Å². The second-order valence-electron chi connectivity index (χ2n) is 5.76. The molecular formula is C16H24O. The Morgan fingerprint density at radius 3 is 2.12 bits per heavy atom. The van der Waals surface area contributed by atoms with Crippen molar-refractivity contribution in [2.75, 3.05) is 0 Å². The maximum Gasteiger partial charge on any atom is 0.0897 e. The van der Waals surface area contributed by atoms with Crippen LogP contribution in [0.5, 0.6) is 0 Å². The van der Waals surface area contributed by atoms with E-state index in [-0.39, 0.29) is 0 Å². The minimum atomic E-state index is -0.567. The lowest BCUT2D eigenvalue weighted by Crippen LogP contribution is -2.31. The molecule has 2 rings (SSSR count). The summed E-state index contributed by atoms with van der Waals surface area (Å²) >= 11 is 0. The number of aliphatic hydroxyl groups is 1. The lowest BCUT2D eigenvalue weighted by Gasteiger charge is -2.36. The first kappa shape index (κ1) is 12.6. The smallest absolute Gasteiger partial charge is 0.0897 e. The highest BCUT2D eigenvalue weighted by atomic mass is 16.3. The molecule has 0 aromatic heterocycles. The van der Waals surface area contributed by atoms with Gasteiger partial charge in [0, 0.05) is 0 Å². The molecule has 0 spiro atoms. The van der Waals surface area contributed by atoms with E-state index in [0.29, 0.717) is 0 Å². The van der Waals surface area contributed by atoms with Gasteiger partial charge in [-0.05, 0) is 51.0 Å². The Morgan fingerprint density at radius 1 is 1.12 bits per heavy atom. The first-order valence-corrected chi connectivity index (χ1v) is 6.84. The Kier molecular flexibility index (Phi) is 3.58. The zero-order chi connectivity index (χ0) is 12.5. The Balaban J connectivity index is 2.21. The second-order valence-corrected chi connectivity index (χ2v) is 5.76. The first-order valence-electron chi connectivity index (χ1n) is 6.84. The Morgan fingerprint density at radius 2 is 1.65 bits per heavy atom. The third-order valence-electron chi connectivity index (χ3n) is 4.27. The molecule has 0 heterocycles. The minimum Gasteiger partial charge on any atom is -0.385 e. The summed E-state index contributed by atoms with van der Waals surface area (Å²) in [6.45, 7) is 6.47. The van der Waals surface area contributed by atoms with Crippen LogP contribution in [-0.4, -0.2) is 5.11 Å². The summed E-state index contributed by atoms with van der Waals surface area (Å²) in [6.07, 6.45) is 5.44. The monoisotopic (exact) mass is 232 g/mol. The number of rotatable bonds is 2. The summed E-state index contributed by atoms with van der Waals surface area (Å²) < 4.78 is 0. The van der Waals surface area contributed by atoms with Crippen molar-refractivity contribution in [3.05, 3.63) is 34.9 Å². The largest absolute Gasteiger partial charge is 0.385 e. The highest BCUT2D eigenvalue weighted by molar-refractivity contribution is 5.32. The molecule has 0 unspecified atom stereocenters. The molecule has 1 nitrogen and oxygen atoms in total. The van der Waals surface area contributed by atoms with Crippen LogP contribution in [0, 0.1) is 19.8 Å². The van der Waals surface area contributed by atoms with Crippen LogP contribution in [-0.2, 0) is 5.60 Å². The van der Waals surface area contributed by atoms with E-state index in [1.54, 1.807) is 0 Å². The lowest BCUT2D eigenvalue weighted by molar-refractivity contribution is -0.0146. The molecule has 0 bridgehead atoms. The quantitative estimate of drug-likeness (QED) is 0.814. The standard InChI is InChI=1S/C16H24O/c1-4-14-5-7-16(17,8-6-14)15-10-12(2)9-13(3)11-15/h9-11,14,17H,4-8H2,1-3H3. The van der Waals surface area contributed by atoms with E-state index >= 15 is 0 Å². The Hall–Kier alpha value is -0.820. The van der Waals surface area contributed by atoms with Gasteiger partial charge in [-0.2, -0.15) is 0 Å². The maximum absolute atomic E-state index is 10.8. The van der Waals surface area contributed by atoms with Crippen LogP contribution in [0.1, 0.15) is 55.7 Å². The van der Waals surface area contributed by atoms with Gasteiger partial charge < -0.3 is 5.11 Å². The van der Waals surface area contributed by atoms with E-state index < -0.39 is 5.60 Å². The van der Waals surface area contributed by atoms with Crippen LogP contribution < -0.4 is 0 Å². The van der Waals surface area contributed by atoms with Gasteiger partial charge in [0.25, 0.3) is 0 Å². The van der Waals surface area contributed by atoms with E-state index in [9.17, 15) is 5.11 Å². The number of aryl methyl sites for hydroxylation is 2. The van der Waals surface area contributed by atoms with Gasteiger partial charge in [-0.25, -0.2) is 0 Å². The molecule has 0 atom stereocenters. The van der Waals surface area contributed by atoms with Crippen molar-refractivity contribution in [3.8, 4) is 0 Å². The predicted octanol–water partition coefficient (Wildman–Crippen LogP) is 4.09. The topological polar surface area (TPSA) is 20.2 Å². The van der Waals surface area contributed by atoms with Crippen molar-refractivity contribution in [1.29, 1.82) is 0 Å². The van der Waals surface area contributed by atoms with Crippen molar-refractivity contribution < 1.29 is 5.11 Å². The normalized spacial score (nSPS) is 29.3. The zero-order valence-electron chi connectivity index (χ0n) is 11.3. The molecule has 0 amide bonds. The van der Waals surface area contributed by atoms with Gasteiger partial charge in [0.1, 0.15) is 0 Å². The molecule has 0 radical (unpaired) electrons. The molecule has 0 aliphatic heterocycles. The minimum absolute atomic E-state index is 0.567. The van der Waals surface area contributed by atoms with E-state index in [0.717, 1.165) is 24.3 Å². The molecule has 1 aliphatic carbocycles. The number of hydrogen-bond donors (Lipinski definition) is 1. The van der Waals surface area contributed by atoms with E-state index in [1.807, 2.05) is 0 Å². The first-order chi connectivity index (χ1) is 8.03. The molecule has 1 N–H and O–H groups in total. The third kappa shape index (κ3) is 2.71. The Labute approximate surface area is 105 Å². The van der Waals surface area contributed by atoms with Crippen LogP contribution >= 0.6 is 0 Å². The van der Waals surface area contributed by atoms with E-state index in [1.165, 1.54) is 30.4 Å². The summed E-state index contributed by atoms with van der Waals surface area (Å²) in [6, 6.07) is 6.48. The van der Waals surface area contributed by atoms with Gasteiger partial charge in [-0.15, -0.1) is 0 Å². The molecular weight excluding hydrogens is 208 g/mol. The van der Waals surface area contributed by atoms with Crippen molar-refractivity contribution in [2.45, 2.75) is 58.5 Å². The van der Waals surface area contributed by atoms with Gasteiger partial charge in [-0.3, -0.25) is 0 Å². The van der Waals surface area contributed by atoms with Crippen LogP contribution in [0.15, 0.2) is 18.2 Å². The Bertz CT molecular complexity index is 366. The lowest BCUT2D eigenvalue weighted by atomic mass is 9.74. The summed E-state index contributed by atoms with van der Waals surface area (Å²) in [5, 5.41) is 10.8. The zero-order valence-corrected chi connectivity index (χ0v) is 11.3. The second kappa shape index (κ2) is 4.81. The molecule has 1 fully saturated rings. The highest BCUT2D eigenvalue weighted by Crippen LogP contribution is 2.40. The van der Waals surface area contributed by atoms with Gasteiger partial charge >= 0.3 is 0 Å². The molecule has 1 aliphatic rings. The van der Waals surface area contributed by atoms with Crippen molar-refractivity contribution in [3.63, 3.8) is 0 Å². The average molecular weight is 232 g/mol. The fourth-order valence-electron chi connectivity index (χ4n) is 3.10. The van der Waals surface area contributed by atoms with Crippen LogP contribution in [0.3, 0.4) is 0 Å². The van der Waals surface area contributed by atoms with Crippen LogP contribution in [0.25, 0.3) is 0 Å². The molecule has 94 valence electrons. The van der Waals surface area contributed by atoms with Crippen molar-refractivity contribution in [1.82, 2.24) is 0 Å². The van der Waals surface area contributed by atoms with Gasteiger partial charge in [-0.1, -0.05) is 42.7 Å². The van der Waals surface area contributed by atoms with Crippen molar-refractivity contribution in [2.24, 2.45) is 5.92 Å². The summed E-state index contributed by atoms with van der Waals surface area (Å²) in [5.74, 6) is 0.821. The number of benzene rings is 1. The third-order valence-corrected chi connectivity index (χ3v) is 4.27. The SMILES string of the molecule is CCC1CCC(O)(c2cc(C)cc(C)c2)CC1. The maximum atomic E-state index is 10.8. The van der Waals surface area contributed by atoms with E-state index in [2.05, 4.69) is 39.0 Å². The van der Waals surface area contributed by atoms with E-state index in [4.69, 9.17) is 0 Å². The highest BCUT2D eigenvalue weighted by Gasteiger charge is 2.34. The van der Waals surface area contributed by atoms with Gasteiger partial charge in [0.2, 0.25) is 0 Å². The fourth-order valence-corrected chi connectivity index (χ4v) is 3.10. The summed E-state index contributed by atoms with van der Waals surface area (Å²) in [7, 11) is 0. The van der Waals surface area contributed by atoms with Gasteiger partial charge in [0.15, 0.2) is 0 Å². The van der Waals surface area contributed by atoms with Crippen molar-refractivity contribution >= 4 is 0 Å². The van der Waals surface area contributed by atoms with Gasteiger partial charge in [0.05, 0.1) is 5.60 Å². The molecule has 1 heteroatoms. The molecule has 17 heavy (non-hydrogen) atoms. The molecule has 1 aromatic carbocycles. The summed E-state index contributed by atoms with van der Waals surface area (Å²) in [5.41, 5.74) is 3.07. The molecule has 1 saturated carbocycles. The summed E-state index contributed by atoms with van der Waals surface area (Å²) in [4.78, 5) is 0. The number of hydrogen-bond acceptors (Lipinski definition) is 1. The average Bonchev–Trinajstić information content (AvgIpc) is 2.29. The van der Waals surface area contributed by atoms with Crippen LogP contribution in [0.4, 0.5) is 0 Å². The molecule has 1 aromatic rings.